The van der Waals surface area contributed by atoms with Crippen molar-refractivity contribution in [2.75, 3.05) is 20.2 Å². The average molecular weight is 446 g/mol. The number of amides is 2. The van der Waals surface area contributed by atoms with Crippen LogP contribution in [0.1, 0.15) is 12.5 Å². The molecule has 1 N–H and O–H groups in total. The Morgan fingerprint density at radius 2 is 1.79 bits per heavy atom. The average Bonchev–Trinajstić information content (AvgIpc) is 2.86. The van der Waals surface area contributed by atoms with Crippen molar-refractivity contribution in [2.45, 2.75) is 25.5 Å². The summed E-state index contributed by atoms with van der Waals surface area (Å²) in [6, 6.07) is 18.5. The van der Waals surface area contributed by atoms with E-state index in [0.29, 0.717) is 31.0 Å². The number of nitrogens with one attached hydrogen (secondary N) is 1. The highest BCUT2D eigenvalue weighted by molar-refractivity contribution is 5.90. The molecule has 1 fully saturated rings. The van der Waals surface area contributed by atoms with Gasteiger partial charge in [-0.2, -0.15) is 0 Å². The molecule has 2 atom stereocenters. The van der Waals surface area contributed by atoms with Crippen molar-refractivity contribution in [1.82, 2.24) is 15.2 Å². The van der Waals surface area contributed by atoms with Crippen LogP contribution in [0.3, 0.4) is 0 Å². The number of piperazine rings is 1. The van der Waals surface area contributed by atoms with Gasteiger partial charge in [-0.25, -0.2) is 0 Å². The zero-order valence-electron chi connectivity index (χ0n) is 18.7. The number of methoxy groups -OCH3 is 1. The lowest BCUT2D eigenvalue weighted by atomic mass is 9.99. The lowest BCUT2D eigenvalue weighted by molar-refractivity contribution is -0.147. The third-order valence-corrected chi connectivity index (χ3v) is 5.71. The van der Waals surface area contributed by atoms with Crippen LogP contribution < -0.4 is 14.8 Å². The minimum absolute atomic E-state index is 0.151. The molecule has 170 valence electrons. The zero-order chi connectivity index (χ0) is 23.2. The summed E-state index contributed by atoms with van der Waals surface area (Å²) in [5.74, 6) is 0.824. The van der Waals surface area contributed by atoms with Crippen LogP contribution in [0.4, 0.5) is 0 Å². The summed E-state index contributed by atoms with van der Waals surface area (Å²) in [5, 5.41) is 2.88. The SMILES string of the molecule is COc1cccc(O[C@H](C)C(=O)N2CCNC(=O)[C@@H]2Cc2ccc(-c3ccncc3)cc2)c1. The Balaban J connectivity index is 1.46. The largest absolute Gasteiger partial charge is 0.497 e. The molecular formula is C26H27N3O4. The number of pyridine rings is 1. The van der Waals surface area contributed by atoms with E-state index < -0.39 is 12.1 Å². The first-order valence-electron chi connectivity index (χ1n) is 10.9. The van der Waals surface area contributed by atoms with E-state index in [1.54, 1.807) is 49.5 Å². The summed E-state index contributed by atoms with van der Waals surface area (Å²) < 4.78 is 11.1. The van der Waals surface area contributed by atoms with E-state index in [1.807, 2.05) is 42.5 Å². The Kier molecular flexibility index (Phi) is 6.88. The third kappa shape index (κ3) is 5.31. The maximum atomic E-state index is 13.2. The first-order valence-corrected chi connectivity index (χ1v) is 10.9. The number of benzene rings is 2. The van der Waals surface area contributed by atoms with E-state index in [2.05, 4.69) is 10.3 Å². The second-order valence-electron chi connectivity index (χ2n) is 7.91. The molecule has 2 amide bonds. The molecule has 1 aromatic heterocycles. The van der Waals surface area contributed by atoms with Gasteiger partial charge in [0.25, 0.3) is 5.91 Å². The minimum Gasteiger partial charge on any atom is -0.497 e. The topological polar surface area (TPSA) is 80.8 Å². The lowest BCUT2D eigenvalue weighted by Crippen LogP contribution is -2.60. The molecule has 7 nitrogen and oxygen atoms in total. The van der Waals surface area contributed by atoms with Crippen LogP contribution in [0.2, 0.25) is 0 Å². The number of aromatic nitrogens is 1. The Labute approximate surface area is 193 Å². The third-order valence-electron chi connectivity index (χ3n) is 5.71. The first kappa shape index (κ1) is 22.3. The van der Waals surface area contributed by atoms with Gasteiger partial charge >= 0.3 is 0 Å². The standard InChI is InChI=1S/C26H27N3O4/c1-18(33-23-5-3-4-22(17-23)32-2)26(31)29-15-14-28-25(30)24(29)16-19-6-8-20(9-7-19)21-10-12-27-13-11-21/h3-13,17-18,24H,14-16H2,1-2H3,(H,28,30)/t18-,24+/m1/s1. The highest BCUT2D eigenvalue weighted by atomic mass is 16.5. The summed E-state index contributed by atoms with van der Waals surface area (Å²) in [4.78, 5) is 31.6. The van der Waals surface area contributed by atoms with E-state index in [9.17, 15) is 9.59 Å². The van der Waals surface area contributed by atoms with Gasteiger partial charge in [0, 0.05) is 38.0 Å². The number of hydrogen-bond donors (Lipinski definition) is 1. The Morgan fingerprint density at radius 1 is 1.09 bits per heavy atom. The Morgan fingerprint density at radius 3 is 2.52 bits per heavy atom. The summed E-state index contributed by atoms with van der Waals surface area (Å²) >= 11 is 0. The van der Waals surface area contributed by atoms with E-state index >= 15 is 0 Å². The number of hydrogen-bond acceptors (Lipinski definition) is 5. The van der Waals surface area contributed by atoms with Crippen molar-refractivity contribution < 1.29 is 19.1 Å². The second-order valence-corrected chi connectivity index (χ2v) is 7.91. The Hall–Kier alpha value is -3.87. The van der Waals surface area contributed by atoms with Crippen molar-refractivity contribution in [1.29, 1.82) is 0 Å². The molecule has 2 aromatic carbocycles. The van der Waals surface area contributed by atoms with Crippen LogP contribution >= 0.6 is 0 Å². The van der Waals surface area contributed by atoms with Gasteiger partial charge in [0.05, 0.1) is 7.11 Å². The highest BCUT2D eigenvalue weighted by Gasteiger charge is 2.35. The second kappa shape index (κ2) is 10.2. The molecule has 1 saturated heterocycles. The van der Waals surface area contributed by atoms with Gasteiger partial charge in [0.2, 0.25) is 5.91 Å². The first-order chi connectivity index (χ1) is 16.0. The van der Waals surface area contributed by atoms with Gasteiger partial charge in [-0.15, -0.1) is 0 Å². The molecule has 0 unspecified atom stereocenters. The van der Waals surface area contributed by atoms with Crippen molar-refractivity contribution in [3.63, 3.8) is 0 Å². The van der Waals surface area contributed by atoms with Crippen molar-refractivity contribution in [2.24, 2.45) is 0 Å². The summed E-state index contributed by atoms with van der Waals surface area (Å²) in [7, 11) is 1.58. The number of carbonyl (C=O) groups is 2. The molecule has 1 aliphatic rings. The van der Waals surface area contributed by atoms with E-state index in [1.165, 1.54) is 0 Å². The van der Waals surface area contributed by atoms with E-state index in [0.717, 1.165) is 16.7 Å². The molecular weight excluding hydrogens is 418 g/mol. The molecule has 0 aliphatic carbocycles. The highest BCUT2D eigenvalue weighted by Crippen LogP contribution is 2.23. The number of ether oxygens (including phenoxy) is 2. The quantitative estimate of drug-likeness (QED) is 0.605. The number of rotatable bonds is 7. The smallest absolute Gasteiger partial charge is 0.264 e. The lowest BCUT2D eigenvalue weighted by Gasteiger charge is -2.36. The molecule has 33 heavy (non-hydrogen) atoms. The van der Waals surface area contributed by atoms with Gasteiger partial charge < -0.3 is 19.7 Å². The molecule has 1 aliphatic heterocycles. The minimum atomic E-state index is -0.737. The summed E-state index contributed by atoms with van der Waals surface area (Å²) in [5.41, 5.74) is 3.13. The molecule has 0 bridgehead atoms. The predicted molar refractivity (Wildman–Crippen MR) is 125 cm³/mol. The van der Waals surface area contributed by atoms with Crippen LogP contribution in [0.5, 0.6) is 11.5 Å². The van der Waals surface area contributed by atoms with Crippen molar-refractivity contribution >= 4 is 11.8 Å². The van der Waals surface area contributed by atoms with Gasteiger partial charge in [-0.1, -0.05) is 30.3 Å². The molecule has 0 saturated carbocycles. The van der Waals surface area contributed by atoms with Crippen molar-refractivity contribution in [3.05, 3.63) is 78.6 Å². The fourth-order valence-electron chi connectivity index (χ4n) is 3.94. The molecule has 4 rings (SSSR count). The molecule has 3 aromatic rings. The maximum Gasteiger partial charge on any atom is 0.264 e. The molecule has 7 heteroatoms. The fourth-order valence-corrected chi connectivity index (χ4v) is 3.94. The summed E-state index contributed by atoms with van der Waals surface area (Å²) in [6.07, 6.45) is 3.21. The van der Waals surface area contributed by atoms with Gasteiger partial charge in [-0.3, -0.25) is 14.6 Å². The normalized spacial score (nSPS) is 16.6. The Bertz CT molecular complexity index is 1100. The molecule has 2 heterocycles. The zero-order valence-corrected chi connectivity index (χ0v) is 18.7. The van der Waals surface area contributed by atoms with E-state index in [-0.39, 0.29) is 11.8 Å². The fraction of sp³-hybridized carbons (Fsp3) is 0.269. The molecule has 0 spiro atoms. The van der Waals surface area contributed by atoms with Crippen LogP contribution in [0.15, 0.2) is 73.1 Å². The van der Waals surface area contributed by atoms with Gasteiger partial charge in [-0.05, 0) is 47.9 Å². The van der Waals surface area contributed by atoms with Crippen LogP contribution in [0, 0.1) is 0 Å². The monoisotopic (exact) mass is 445 g/mol. The summed E-state index contributed by atoms with van der Waals surface area (Å²) in [6.45, 7) is 2.57. The number of nitrogens with zero attached hydrogens (tertiary/aromatic N) is 2. The van der Waals surface area contributed by atoms with Crippen LogP contribution in [-0.2, 0) is 16.0 Å². The van der Waals surface area contributed by atoms with Crippen LogP contribution in [-0.4, -0.2) is 54.0 Å². The number of carbonyl (C=O) groups excluding carboxylic acids is 2. The molecule has 0 radical (unpaired) electrons. The van der Waals surface area contributed by atoms with Crippen molar-refractivity contribution in [3.8, 4) is 22.6 Å². The van der Waals surface area contributed by atoms with E-state index in [4.69, 9.17) is 9.47 Å². The van der Waals surface area contributed by atoms with Gasteiger partial charge in [0.15, 0.2) is 6.10 Å². The maximum absolute atomic E-state index is 13.2. The predicted octanol–water partition coefficient (Wildman–Crippen LogP) is 3.09. The van der Waals surface area contributed by atoms with Crippen LogP contribution in [0.25, 0.3) is 11.1 Å². The van der Waals surface area contributed by atoms with Gasteiger partial charge in [0.1, 0.15) is 17.5 Å².